The number of esters is 1. The number of thiol groups is 1. The average molecular weight is 309 g/mol. The zero-order valence-corrected chi connectivity index (χ0v) is 13.0. The number of ether oxygens (including phenoxy) is 2. The third-order valence-corrected chi connectivity index (χ3v) is 3.98. The molecule has 0 spiro atoms. The molecule has 0 aliphatic rings. The Hall–Kier alpha value is -1.53. The Labute approximate surface area is 127 Å². The fourth-order valence-electron chi connectivity index (χ4n) is 1.68. The molecule has 0 atom stereocenters. The van der Waals surface area contributed by atoms with Gasteiger partial charge in [-0.3, -0.25) is 0 Å². The van der Waals surface area contributed by atoms with E-state index in [4.69, 9.17) is 9.47 Å². The van der Waals surface area contributed by atoms with Gasteiger partial charge in [-0.15, -0.1) is 24.0 Å². The van der Waals surface area contributed by atoms with E-state index >= 15 is 0 Å². The zero-order valence-electron chi connectivity index (χ0n) is 11.3. The smallest absolute Gasteiger partial charge is 0.358 e. The second-order valence-corrected chi connectivity index (χ2v) is 5.84. The van der Waals surface area contributed by atoms with Gasteiger partial charge in [0.2, 0.25) is 0 Å². The highest BCUT2D eigenvalue weighted by Crippen LogP contribution is 2.25. The standard InChI is InChI=1S/C14H15NO3S2/c1-3-18-13(16)12-14(19)20-11(15-12)8-9-4-6-10(17-2)7-5-9/h4-7,19H,3,8H2,1-2H3. The third kappa shape index (κ3) is 3.52. The molecular weight excluding hydrogens is 294 g/mol. The fraction of sp³-hybridized carbons (Fsp3) is 0.286. The second kappa shape index (κ2) is 6.76. The van der Waals surface area contributed by atoms with Crippen LogP contribution in [0.2, 0.25) is 0 Å². The zero-order chi connectivity index (χ0) is 14.5. The minimum Gasteiger partial charge on any atom is -0.497 e. The molecule has 0 saturated carbocycles. The molecule has 0 aliphatic carbocycles. The van der Waals surface area contributed by atoms with Gasteiger partial charge in [-0.25, -0.2) is 9.78 Å². The van der Waals surface area contributed by atoms with Crippen molar-refractivity contribution in [2.75, 3.05) is 13.7 Å². The molecule has 0 saturated heterocycles. The van der Waals surface area contributed by atoms with Crippen molar-refractivity contribution in [2.24, 2.45) is 0 Å². The first kappa shape index (κ1) is 14.9. The summed E-state index contributed by atoms with van der Waals surface area (Å²) in [6.45, 7) is 2.10. The van der Waals surface area contributed by atoms with E-state index < -0.39 is 5.97 Å². The second-order valence-electron chi connectivity index (χ2n) is 4.01. The van der Waals surface area contributed by atoms with Crippen LogP contribution in [0.3, 0.4) is 0 Å². The van der Waals surface area contributed by atoms with Crippen LogP contribution in [-0.4, -0.2) is 24.7 Å². The maximum absolute atomic E-state index is 11.7. The van der Waals surface area contributed by atoms with Gasteiger partial charge in [-0.05, 0) is 24.6 Å². The van der Waals surface area contributed by atoms with Crippen LogP contribution in [0.1, 0.15) is 28.0 Å². The van der Waals surface area contributed by atoms with E-state index in [1.54, 1.807) is 14.0 Å². The summed E-state index contributed by atoms with van der Waals surface area (Å²) in [5.41, 5.74) is 1.40. The fourth-order valence-corrected chi connectivity index (χ4v) is 2.96. The van der Waals surface area contributed by atoms with Crippen molar-refractivity contribution in [3.8, 4) is 5.75 Å². The van der Waals surface area contributed by atoms with E-state index in [1.807, 2.05) is 24.3 Å². The first-order valence-corrected chi connectivity index (χ1v) is 7.39. The van der Waals surface area contributed by atoms with Crippen LogP contribution in [0.25, 0.3) is 0 Å². The first-order valence-electron chi connectivity index (χ1n) is 6.12. The molecule has 1 heterocycles. The van der Waals surface area contributed by atoms with Crippen LogP contribution in [-0.2, 0) is 11.2 Å². The summed E-state index contributed by atoms with van der Waals surface area (Å²) in [5.74, 6) is 0.393. The van der Waals surface area contributed by atoms with Gasteiger partial charge in [0.25, 0.3) is 0 Å². The normalized spacial score (nSPS) is 10.3. The van der Waals surface area contributed by atoms with Crippen LogP contribution in [0.5, 0.6) is 5.75 Å². The number of benzene rings is 1. The average Bonchev–Trinajstić information content (AvgIpc) is 2.81. The highest BCUT2D eigenvalue weighted by molar-refractivity contribution is 7.83. The Morgan fingerprint density at radius 3 is 2.65 bits per heavy atom. The third-order valence-electron chi connectivity index (χ3n) is 2.64. The van der Waals surface area contributed by atoms with Gasteiger partial charge >= 0.3 is 5.97 Å². The first-order chi connectivity index (χ1) is 9.63. The molecule has 0 radical (unpaired) electrons. The molecule has 0 fully saturated rings. The molecule has 0 aliphatic heterocycles. The molecule has 6 heteroatoms. The molecular formula is C14H15NO3S2. The molecule has 2 aromatic rings. The Bertz CT molecular complexity index is 593. The van der Waals surface area contributed by atoms with Gasteiger partial charge in [-0.2, -0.15) is 0 Å². The summed E-state index contributed by atoms with van der Waals surface area (Å²) in [7, 11) is 1.63. The van der Waals surface area contributed by atoms with Crippen LogP contribution >= 0.6 is 24.0 Å². The van der Waals surface area contributed by atoms with E-state index in [2.05, 4.69) is 17.6 Å². The molecule has 0 N–H and O–H groups in total. The molecule has 1 aromatic carbocycles. The summed E-state index contributed by atoms with van der Waals surface area (Å²) in [4.78, 5) is 16.0. The van der Waals surface area contributed by atoms with Gasteiger partial charge in [-0.1, -0.05) is 12.1 Å². The predicted molar refractivity (Wildman–Crippen MR) is 81.1 cm³/mol. The van der Waals surface area contributed by atoms with Gasteiger partial charge in [0, 0.05) is 6.42 Å². The van der Waals surface area contributed by atoms with E-state index in [0.717, 1.165) is 16.3 Å². The summed E-state index contributed by atoms with van der Waals surface area (Å²) in [6.07, 6.45) is 0.654. The highest BCUT2D eigenvalue weighted by atomic mass is 32.2. The maximum Gasteiger partial charge on any atom is 0.358 e. The van der Waals surface area contributed by atoms with Crippen LogP contribution in [0.4, 0.5) is 0 Å². The number of thiazole rings is 1. The Morgan fingerprint density at radius 1 is 1.35 bits per heavy atom. The molecule has 20 heavy (non-hydrogen) atoms. The van der Waals surface area contributed by atoms with Crippen molar-refractivity contribution < 1.29 is 14.3 Å². The Kier molecular flexibility index (Phi) is 5.03. The lowest BCUT2D eigenvalue weighted by Crippen LogP contribution is -2.06. The van der Waals surface area contributed by atoms with E-state index in [-0.39, 0.29) is 0 Å². The number of carbonyl (C=O) groups is 1. The van der Waals surface area contributed by atoms with Crippen molar-refractivity contribution in [1.82, 2.24) is 4.98 Å². The molecule has 0 unspecified atom stereocenters. The highest BCUT2D eigenvalue weighted by Gasteiger charge is 2.17. The van der Waals surface area contributed by atoms with Gasteiger partial charge < -0.3 is 9.47 Å². The van der Waals surface area contributed by atoms with Gasteiger partial charge in [0.05, 0.1) is 22.9 Å². The molecule has 4 nitrogen and oxygen atoms in total. The Balaban J connectivity index is 2.13. The molecule has 0 amide bonds. The Morgan fingerprint density at radius 2 is 2.05 bits per heavy atom. The molecule has 0 bridgehead atoms. The summed E-state index contributed by atoms with van der Waals surface area (Å²) in [6, 6.07) is 7.75. The minimum atomic E-state index is -0.422. The lowest BCUT2D eigenvalue weighted by atomic mass is 10.1. The predicted octanol–water partition coefficient (Wildman–Crippen LogP) is 3.21. The number of rotatable bonds is 5. The SMILES string of the molecule is CCOC(=O)c1nc(Cc2ccc(OC)cc2)sc1S. The number of methoxy groups -OCH3 is 1. The molecule has 1 aromatic heterocycles. The largest absolute Gasteiger partial charge is 0.497 e. The number of hydrogen-bond donors (Lipinski definition) is 1. The van der Waals surface area contributed by atoms with E-state index in [9.17, 15) is 4.79 Å². The van der Waals surface area contributed by atoms with Crippen LogP contribution < -0.4 is 4.74 Å². The number of carbonyl (C=O) groups excluding carboxylic acids is 1. The van der Waals surface area contributed by atoms with Gasteiger partial charge in [0.1, 0.15) is 5.75 Å². The van der Waals surface area contributed by atoms with Crippen molar-refractivity contribution in [3.05, 3.63) is 40.5 Å². The lowest BCUT2D eigenvalue weighted by molar-refractivity contribution is 0.0516. The summed E-state index contributed by atoms with van der Waals surface area (Å²) >= 11 is 5.68. The van der Waals surface area contributed by atoms with Crippen molar-refractivity contribution in [2.45, 2.75) is 17.6 Å². The van der Waals surface area contributed by atoms with Crippen LogP contribution in [0.15, 0.2) is 28.5 Å². The summed E-state index contributed by atoms with van der Waals surface area (Å²) in [5, 5.41) is 0.836. The lowest BCUT2D eigenvalue weighted by Gasteiger charge is -2.01. The van der Waals surface area contributed by atoms with Crippen molar-refractivity contribution >= 4 is 29.9 Å². The summed E-state index contributed by atoms with van der Waals surface area (Å²) < 4.78 is 10.6. The van der Waals surface area contributed by atoms with Crippen LogP contribution in [0, 0.1) is 0 Å². The van der Waals surface area contributed by atoms with Crippen molar-refractivity contribution in [3.63, 3.8) is 0 Å². The molecule has 106 valence electrons. The maximum atomic E-state index is 11.7. The number of hydrogen-bond acceptors (Lipinski definition) is 6. The van der Waals surface area contributed by atoms with Gasteiger partial charge in [0.15, 0.2) is 5.69 Å². The quantitative estimate of drug-likeness (QED) is 0.680. The number of nitrogens with zero attached hydrogens (tertiary/aromatic N) is 1. The monoisotopic (exact) mass is 309 g/mol. The van der Waals surface area contributed by atoms with E-state index in [0.29, 0.717) is 22.9 Å². The molecule has 2 rings (SSSR count). The van der Waals surface area contributed by atoms with Crippen molar-refractivity contribution in [1.29, 1.82) is 0 Å². The van der Waals surface area contributed by atoms with E-state index in [1.165, 1.54) is 11.3 Å². The number of aromatic nitrogens is 1. The topological polar surface area (TPSA) is 48.4 Å². The minimum absolute atomic E-state index is 0.295.